The van der Waals surface area contributed by atoms with Gasteiger partial charge in [-0.05, 0) is 37.8 Å². The van der Waals surface area contributed by atoms with E-state index in [0.29, 0.717) is 50.8 Å². The molecular formula is C21H32N2O5S. The number of para-hydroxylation sites is 1. The van der Waals surface area contributed by atoms with Crippen molar-refractivity contribution < 1.29 is 22.7 Å². The molecule has 1 fully saturated rings. The monoisotopic (exact) mass is 424 g/mol. The Morgan fingerprint density at radius 3 is 2.69 bits per heavy atom. The van der Waals surface area contributed by atoms with Gasteiger partial charge in [-0.25, -0.2) is 8.42 Å². The Balaban J connectivity index is 1.90. The summed E-state index contributed by atoms with van der Waals surface area (Å²) in [4.78, 5) is 14.4. The van der Waals surface area contributed by atoms with Crippen molar-refractivity contribution in [1.82, 2.24) is 9.21 Å². The summed E-state index contributed by atoms with van der Waals surface area (Å²) in [5.74, 6) is 0.738. The molecule has 8 heteroatoms. The van der Waals surface area contributed by atoms with Crippen molar-refractivity contribution in [2.24, 2.45) is 5.92 Å². The summed E-state index contributed by atoms with van der Waals surface area (Å²) in [7, 11) is -3.67. The molecule has 1 amide bonds. The summed E-state index contributed by atoms with van der Waals surface area (Å²) in [5, 5.41) is 0. The van der Waals surface area contributed by atoms with Crippen molar-refractivity contribution >= 4 is 15.9 Å². The number of amides is 1. The molecular weight excluding hydrogens is 392 g/mol. The Labute approximate surface area is 174 Å². The standard InChI is InChI=1S/C21H32N2O5S/c1-4-27-15-21(24)22-12-10-17-18(11-13-22)28-19-7-5-6-8-20(19)29(25,26)23(17)14-9-16(2)3/h5-8,16-18H,4,9-15H2,1-3H3/t17-,18-/m1/s1. The van der Waals surface area contributed by atoms with Crippen molar-refractivity contribution in [3.05, 3.63) is 24.3 Å². The molecule has 7 nitrogen and oxygen atoms in total. The van der Waals surface area contributed by atoms with E-state index in [0.717, 1.165) is 6.42 Å². The maximum atomic E-state index is 13.5. The highest BCUT2D eigenvalue weighted by molar-refractivity contribution is 7.89. The van der Waals surface area contributed by atoms with Gasteiger partial charge in [0, 0.05) is 32.7 Å². The van der Waals surface area contributed by atoms with Crippen molar-refractivity contribution in [3.8, 4) is 5.75 Å². The highest BCUT2D eigenvalue weighted by atomic mass is 32.2. The van der Waals surface area contributed by atoms with Crippen LogP contribution in [0.3, 0.4) is 0 Å². The number of carbonyl (C=O) groups is 1. The van der Waals surface area contributed by atoms with E-state index in [1.54, 1.807) is 33.5 Å². The predicted octanol–water partition coefficient (Wildman–Crippen LogP) is 2.51. The molecule has 29 heavy (non-hydrogen) atoms. The Morgan fingerprint density at radius 2 is 1.97 bits per heavy atom. The predicted molar refractivity (Wildman–Crippen MR) is 110 cm³/mol. The van der Waals surface area contributed by atoms with E-state index in [9.17, 15) is 13.2 Å². The Bertz CT molecular complexity index is 811. The van der Waals surface area contributed by atoms with Gasteiger partial charge in [0.1, 0.15) is 23.4 Å². The molecule has 0 unspecified atom stereocenters. The summed E-state index contributed by atoms with van der Waals surface area (Å²) < 4.78 is 40.1. The number of sulfonamides is 1. The highest BCUT2D eigenvalue weighted by Crippen LogP contribution is 2.36. The molecule has 1 aromatic carbocycles. The third-order valence-corrected chi connectivity index (χ3v) is 7.56. The lowest BCUT2D eigenvalue weighted by Crippen LogP contribution is -2.47. The number of nitrogens with zero attached hydrogens (tertiary/aromatic N) is 2. The zero-order valence-corrected chi connectivity index (χ0v) is 18.4. The molecule has 2 atom stereocenters. The third kappa shape index (κ3) is 4.92. The first kappa shape index (κ1) is 22.1. The maximum Gasteiger partial charge on any atom is 0.248 e. The normalized spacial score (nSPS) is 24.2. The zero-order chi connectivity index (χ0) is 21.0. The second-order valence-corrected chi connectivity index (χ2v) is 9.92. The van der Waals surface area contributed by atoms with Crippen LogP contribution in [0, 0.1) is 5.92 Å². The van der Waals surface area contributed by atoms with Crippen molar-refractivity contribution in [2.75, 3.05) is 32.8 Å². The van der Waals surface area contributed by atoms with Crippen LogP contribution in [0.4, 0.5) is 0 Å². The molecule has 0 N–H and O–H groups in total. The molecule has 162 valence electrons. The van der Waals surface area contributed by atoms with Gasteiger partial charge in [-0.1, -0.05) is 26.0 Å². The number of ether oxygens (including phenoxy) is 2. The topological polar surface area (TPSA) is 76.1 Å². The highest BCUT2D eigenvalue weighted by Gasteiger charge is 2.43. The summed E-state index contributed by atoms with van der Waals surface area (Å²) in [6, 6.07) is 6.57. The summed E-state index contributed by atoms with van der Waals surface area (Å²) in [6.07, 6.45) is 1.63. The number of likely N-dealkylation sites (tertiary alicyclic amines) is 1. The lowest BCUT2D eigenvalue weighted by molar-refractivity contribution is -0.136. The molecule has 1 aromatic rings. The Kier molecular flexibility index (Phi) is 7.19. The van der Waals surface area contributed by atoms with E-state index in [2.05, 4.69) is 13.8 Å². The second kappa shape index (κ2) is 9.45. The molecule has 0 spiro atoms. The first-order valence-corrected chi connectivity index (χ1v) is 11.9. The average molecular weight is 425 g/mol. The van der Waals surface area contributed by atoms with E-state index in [-0.39, 0.29) is 29.6 Å². The average Bonchev–Trinajstić information content (AvgIpc) is 2.93. The zero-order valence-electron chi connectivity index (χ0n) is 17.5. The van der Waals surface area contributed by atoms with Crippen LogP contribution in [-0.4, -0.2) is 68.5 Å². The SMILES string of the molecule is CCOCC(=O)N1CC[C@@H]2[C@@H](CC1)Oc1ccccc1S(=O)(=O)N2CCC(C)C. The molecule has 3 rings (SSSR count). The molecule has 0 bridgehead atoms. The van der Waals surface area contributed by atoms with Crippen LogP contribution in [0.2, 0.25) is 0 Å². The third-order valence-electron chi connectivity index (χ3n) is 5.60. The number of benzene rings is 1. The number of fused-ring (bicyclic) bond motifs is 2. The minimum atomic E-state index is -3.67. The van der Waals surface area contributed by atoms with Crippen LogP contribution in [-0.2, 0) is 19.6 Å². The van der Waals surface area contributed by atoms with Gasteiger partial charge < -0.3 is 14.4 Å². The van der Waals surface area contributed by atoms with Gasteiger partial charge in [0.2, 0.25) is 15.9 Å². The van der Waals surface area contributed by atoms with Crippen LogP contribution in [0.25, 0.3) is 0 Å². The first-order valence-electron chi connectivity index (χ1n) is 10.5. The fraction of sp³-hybridized carbons (Fsp3) is 0.667. The molecule has 2 heterocycles. The van der Waals surface area contributed by atoms with E-state index in [1.165, 1.54) is 0 Å². The molecule has 2 aliphatic heterocycles. The van der Waals surface area contributed by atoms with E-state index >= 15 is 0 Å². The van der Waals surface area contributed by atoms with Gasteiger partial charge in [-0.2, -0.15) is 4.31 Å². The summed E-state index contributed by atoms with van der Waals surface area (Å²) >= 11 is 0. The van der Waals surface area contributed by atoms with Crippen molar-refractivity contribution in [2.45, 2.75) is 57.1 Å². The van der Waals surface area contributed by atoms with E-state index in [1.807, 2.05) is 6.92 Å². The van der Waals surface area contributed by atoms with Crippen molar-refractivity contribution in [1.29, 1.82) is 0 Å². The van der Waals surface area contributed by atoms with Crippen LogP contribution >= 0.6 is 0 Å². The lowest BCUT2D eigenvalue weighted by atomic mass is 10.0. The van der Waals surface area contributed by atoms with Gasteiger partial charge in [0.25, 0.3) is 0 Å². The second-order valence-electron chi connectivity index (χ2n) is 8.06. The quantitative estimate of drug-likeness (QED) is 0.701. The Morgan fingerprint density at radius 1 is 1.24 bits per heavy atom. The molecule has 0 saturated carbocycles. The molecule has 0 aliphatic carbocycles. The van der Waals surface area contributed by atoms with Gasteiger partial charge in [-0.3, -0.25) is 4.79 Å². The first-order chi connectivity index (χ1) is 13.8. The van der Waals surface area contributed by atoms with Gasteiger partial charge in [0.05, 0.1) is 6.04 Å². The minimum absolute atomic E-state index is 0.0553. The van der Waals surface area contributed by atoms with Gasteiger partial charge in [-0.15, -0.1) is 0 Å². The van der Waals surface area contributed by atoms with E-state index in [4.69, 9.17) is 9.47 Å². The van der Waals surface area contributed by atoms with Crippen LogP contribution in [0.15, 0.2) is 29.2 Å². The molecule has 0 aromatic heterocycles. The van der Waals surface area contributed by atoms with Gasteiger partial charge in [0.15, 0.2) is 0 Å². The number of carbonyl (C=O) groups excluding carboxylic acids is 1. The number of rotatable bonds is 6. The number of hydrogen-bond acceptors (Lipinski definition) is 5. The molecule has 1 saturated heterocycles. The van der Waals surface area contributed by atoms with Crippen LogP contribution in [0.1, 0.15) is 40.0 Å². The maximum absolute atomic E-state index is 13.5. The Hall–Kier alpha value is -1.64. The number of hydrogen-bond donors (Lipinski definition) is 0. The lowest BCUT2D eigenvalue weighted by Gasteiger charge is -2.32. The minimum Gasteiger partial charge on any atom is -0.487 e. The fourth-order valence-electron chi connectivity index (χ4n) is 3.96. The molecule has 0 radical (unpaired) electrons. The summed E-state index contributed by atoms with van der Waals surface area (Å²) in [5.41, 5.74) is 0. The smallest absolute Gasteiger partial charge is 0.248 e. The molecule has 2 aliphatic rings. The van der Waals surface area contributed by atoms with Gasteiger partial charge >= 0.3 is 0 Å². The van der Waals surface area contributed by atoms with Crippen LogP contribution < -0.4 is 4.74 Å². The van der Waals surface area contributed by atoms with E-state index < -0.39 is 10.0 Å². The fourth-order valence-corrected chi connectivity index (χ4v) is 5.77. The van der Waals surface area contributed by atoms with Crippen molar-refractivity contribution in [3.63, 3.8) is 0 Å². The largest absolute Gasteiger partial charge is 0.487 e. The summed E-state index contributed by atoms with van der Waals surface area (Å²) in [6.45, 7) is 8.08. The van der Waals surface area contributed by atoms with Crippen LogP contribution in [0.5, 0.6) is 5.75 Å².